The summed E-state index contributed by atoms with van der Waals surface area (Å²) in [6, 6.07) is 8.01. The summed E-state index contributed by atoms with van der Waals surface area (Å²) in [7, 11) is 1.69. The maximum Gasteiger partial charge on any atom is 0.324 e. The number of imide groups is 1. The zero-order valence-electron chi connectivity index (χ0n) is 17.9. The number of rotatable bonds is 8. The first-order valence-corrected chi connectivity index (χ1v) is 10.6. The van der Waals surface area contributed by atoms with Crippen molar-refractivity contribution in [3.8, 4) is 5.75 Å². The molecule has 0 bridgehead atoms. The van der Waals surface area contributed by atoms with E-state index in [-0.39, 0.29) is 11.9 Å². The minimum absolute atomic E-state index is 0.0617. The molecule has 2 aliphatic rings. The van der Waals surface area contributed by atoms with Crippen LogP contribution in [0.2, 0.25) is 0 Å². The highest BCUT2D eigenvalue weighted by atomic mass is 16.5. The van der Waals surface area contributed by atoms with Crippen LogP contribution >= 0.6 is 0 Å². The molecule has 29 heavy (non-hydrogen) atoms. The Morgan fingerprint density at radius 2 is 1.62 bits per heavy atom. The van der Waals surface area contributed by atoms with Gasteiger partial charge in [0.05, 0.1) is 7.11 Å². The van der Waals surface area contributed by atoms with Gasteiger partial charge in [-0.1, -0.05) is 6.42 Å². The number of hydrogen-bond donors (Lipinski definition) is 1. The van der Waals surface area contributed by atoms with Crippen LogP contribution in [-0.2, 0) is 4.79 Å². The second-order valence-corrected chi connectivity index (χ2v) is 8.62. The van der Waals surface area contributed by atoms with E-state index in [1.807, 2.05) is 26.0 Å². The minimum atomic E-state index is -0.432. The van der Waals surface area contributed by atoms with Crippen LogP contribution in [0.3, 0.4) is 0 Å². The van der Waals surface area contributed by atoms with E-state index >= 15 is 0 Å². The average Bonchev–Trinajstić information content (AvgIpc) is 2.69. The summed E-state index contributed by atoms with van der Waals surface area (Å²) in [5.41, 5.74) is 0.816. The van der Waals surface area contributed by atoms with Gasteiger partial charge in [0.1, 0.15) is 5.75 Å². The van der Waals surface area contributed by atoms with Crippen molar-refractivity contribution in [3.05, 3.63) is 24.3 Å². The summed E-state index contributed by atoms with van der Waals surface area (Å²) in [6.07, 6.45) is 3.36. The Labute approximate surface area is 174 Å². The van der Waals surface area contributed by atoms with E-state index in [9.17, 15) is 9.59 Å². The summed E-state index contributed by atoms with van der Waals surface area (Å²) in [5.74, 6) is 0.827. The molecule has 7 heteroatoms. The van der Waals surface area contributed by atoms with Gasteiger partial charge < -0.3 is 15.0 Å². The van der Waals surface area contributed by atoms with Crippen LogP contribution in [-0.4, -0.2) is 73.7 Å². The van der Waals surface area contributed by atoms with Crippen molar-refractivity contribution in [1.82, 2.24) is 15.1 Å². The van der Waals surface area contributed by atoms with Crippen LogP contribution in [0.15, 0.2) is 24.3 Å². The number of unbranched alkanes of at least 4 members (excludes halogenated alkanes) is 2. The number of anilines is 1. The van der Waals surface area contributed by atoms with E-state index in [2.05, 4.69) is 27.2 Å². The molecule has 2 saturated heterocycles. The van der Waals surface area contributed by atoms with E-state index in [0.29, 0.717) is 13.0 Å². The Morgan fingerprint density at radius 3 is 2.24 bits per heavy atom. The van der Waals surface area contributed by atoms with Crippen LogP contribution in [0.25, 0.3) is 0 Å². The third-order valence-corrected chi connectivity index (χ3v) is 5.75. The highest BCUT2D eigenvalue weighted by Gasteiger charge is 2.36. The number of carbonyl (C=O) groups is 2. The van der Waals surface area contributed by atoms with E-state index in [4.69, 9.17) is 4.74 Å². The number of methoxy groups -OCH3 is 1. The van der Waals surface area contributed by atoms with Crippen molar-refractivity contribution in [3.63, 3.8) is 0 Å². The van der Waals surface area contributed by atoms with Crippen molar-refractivity contribution in [2.24, 2.45) is 0 Å². The molecule has 1 N–H and O–H groups in total. The number of nitrogens with one attached hydrogen (secondary N) is 1. The lowest BCUT2D eigenvalue weighted by molar-refractivity contribution is -0.131. The zero-order chi connectivity index (χ0) is 20.9. The van der Waals surface area contributed by atoms with Gasteiger partial charge in [-0.3, -0.25) is 14.6 Å². The van der Waals surface area contributed by atoms with Gasteiger partial charge in [-0.15, -0.1) is 0 Å². The molecular formula is C22H34N4O3. The SMILES string of the molecule is COc1ccc(N2CCN(CCCCCN3C(=O)CC(C)(C)NC3=O)CC2)cc1. The van der Waals surface area contributed by atoms with E-state index < -0.39 is 5.54 Å². The molecule has 2 fully saturated rings. The van der Waals surface area contributed by atoms with Crippen LogP contribution in [0.4, 0.5) is 10.5 Å². The van der Waals surface area contributed by atoms with Gasteiger partial charge in [0.25, 0.3) is 0 Å². The number of nitrogens with zero attached hydrogens (tertiary/aromatic N) is 3. The number of amides is 3. The van der Waals surface area contributed by atoms with Gasteiger partial charge in [0.2, 0.25) is 5.91 Å². The fraction of sp³-hybridized carbons (Fsp3) is 0.636. The largest absolute Gasteiger partial charge is 0.497 e. The Hall–Kier alpha value is -2.28. The van der Waals surface area contributed by atoms with Crippen molar-refractivity contribution < 1.29 is 14.3 Å². The third kappa shape index (κ3) is 5.85. The van der Waals surface area contributed by atoms with Gasteiger partial charge in [-0.25, -0.2) is 4.79 Å². The monoisotopic (exact) mass is 402 g/mol. The molecule has 7 nitrogen and oxygen atoms in total. The molecule has 3 rings (SSSR count). The van der Waals surface area contributed by atoms with E-state index in [0.717, 1.165) is 57.7 Å². The maximum absolute atomic E-state index is 12.2. The van der Waals surface area contributed by atoms with Gasteiger partial charge in [0, 0.05) is 50.4 Å². The summed E-state index contributed by atoms with van der Waals surface area (Å²) in [6.45, 7) is 9.55. The predicted octanol–water partition coefficient (Wildman–Crippen LogP) is 2.71. The van der Waals surface area contributed by atoms with E-state index in [1.165, 1.54) is 10.6 Å². The Bertz CT molecular complexity index is 677. The van der Waals surface area contributed by atoms with E-state index in [1.54, 1.807) is 7.11 Å². The second kappa shape index (κ2) is 9.48. The molecule has 160 valence electrons. The molecular weight excluding hydrogens is 368 g/mol. The fourth-order valence-electron chi connectivity index (χ4n) is 4.02. The first-order chi connectivity index (χ1) is 13.9. The van der Waals surface area contributed by atoms with Crippen molar-refractivity contribution in [2.45, 2.75) is 45.1 Å². The number of carbonyl (C=O) groups excluding carboxylic acids is 2. The lowest BCUT2D eigenvalue weighted by Gasteiger charge is -2.36. The van der Waals surface area contributed by atoms with Gasteiger partial charge in [-0.05, 0) is 57.5 Å². The quantitative estimate of drug-likeness (QED) is 0.678. The molecule has 0 atom stereocenters. The minimum Gasteiger partial charge on any atom is -0.497 e. The van der Waals surface area contributed by atoms with Crippen LogP contribution < -0.4 is 15.0 Å². The summed E-state index contributed by atoms with van der Waals surface area (Å²) in [5, 5.41) is 2.90. The third-order valence-electron chi connectivity index (χ3n) is 5.75. The van der Waals surface area contributed by atoms with Gasteiger partial charge >= 0.3 is 6.03 Å². The summed E-state index contributed by atoms with van der Waals surface area (Å²) >= 11 is 0. The van der Waals surface area contributed by atoms with Gasteiger partial charge in [-0.2, -0.15) is 0 Å². The molecule has 2 heterocycles. The Morgan fingerprint density at radius 1 is 0.966 bits per heavy atom. The molecule has 2 aliphatic heterocycles. The lowest BCUT2D eigenvalue weighted by atomic mass is 9.97. The number of ether oxygens (including phenoxy) is 1. The molecule has 0 saturated carbocycles. The topological polar surface area (TPSA) is 65.1 Å². The number of piperazine rings is 1. The van der Waals surface area contributed by atoms with Crippen molar-refractivity contribution >= 4 is 17.6 Å². The molecule has 0 spiro atoms. The number of hydrogen-bond acceptors (Lipinski definition) is 5. The fourth-order valence-corrected chi connectivity index (χ4v) is 4.02. The first kappa shape index (κ1) is 21.4. The van der Waals surface area contributed by atoms with Crippen LogP contribution in [0.1, 0.15) is 39.5 Å². The van der Waals surface area contributed by atoms with Crippen LogP contribution in [0.5, 0.6) is 5.75 Å². The second-order valence-electron chi connectivity index (χ2n) is 8.62. The molecule has 1 aromatic carbocycles. The highest BCUT2D eigenvalue weighted by molar-refractivity contribution is 5.97. The molecule has 1 aromatic rings. The first-order valence-electron chi connectivity index (χ1n) is 10.6. The van der Waals surface area contributed by atoms with Crippen LogP contribution in [0, 0.1) is 0 Å². The Balaban J connectivity index is 1.31. The Kier molecular flexibility index (Phi) is 7.00. The molecule has 0 unspecified atom stereocenters. The highest BCUT2D eigenvalue weighted by Crippen LogP contribution is 2.21. The standard InChI is InChI=1S/C22H34N4O3/c1-22(2)17-20(27)26(21(28)23-22)12-6-4-5-11-24-13-15-25(16-14-24)18-7-9-19(29-3)10-8-18/h7-10H,4-6,11-17H2,1-3H3,(H,23,28). The van der Waals surface area contributed by atoms with Crippen molar-refractivity contribution in [2.75, 3.05) is 51.3 Å². The molecule has 0 aromatic heterocycles. The summed E-state index contributed by atoms with van der Waals surface area (Å²) < 4.78 is 5.23. The molecule has 3 amide bonds. The molecule has 0 radical (unpaired) electrons. The normalized spacial score (nSPS) is 20.0. The smallest absolute Gasteiger partial charge is 0.324 e. The average molecular weight is 403 g/mol. The maximum atomic E-state index is 12.2. The molecule has 0 aliphatic carbocycles. The number of urea groups is 1. The zero-order valence-corrected chi connectivity index (χ0v) is 17.9. The number of benzene rings is 1. The van der Waals surface area contributed by atoms with Crippen molar-refractivity contribution in [1.29, 1.82) is 0 Å². The summed E-state index contributed by atoms with van der Waals surface area (Å²) in [4.78, 5) is 30.5. The lowest BCUT2D eigenvalue weighted by Crippen LogP contribution is -2.59. The predicted molar refractivity (Wildman–Crippen MR) is 114 cm³/mol. The van der Waals surface area contributed by atoms with Gasteiger partial charge in [0.15, 0.2) is 0 Å².